The third-order valence-corrected chi connectivity index (χ3v) is 6.43. The highest BCUT2D eigenvalue weighted by atomic mass is 79.9. The van der Waals surface area contributed by atoms with Crippen LogP contribution in [0.3, 0.4) is 0 Å². The van der Waals surface area contributed by atoms with Crippen LogP contribution in [0.4, 0.5) is 5.69 Å². The second-order valence-electron chi connectivity index (χ2n) is 5.70. The van der Waals surface area contributed by atoms with Gasteiger partial charge in [0.15, 0.2) is 16.4 Å². The Labute approximate surface area is 170 Å². The van der Waals surface area contributed by atoms with Crippen molar-refractivity contribution in [1.29, 1.82) is 0 Å². The molecule has 0 aliphatic rings. The summed E-state index contributed by atoms with van der Waals surface area (Å²) in [5, 5.41) is 3.02. The van der Waals surface area contributed by atoms with Gasteiger partial charge in [0, 0.05) is 15.2 Å². The number of sulfone groups is 1. The van der Waals surface area contributed by atoms with Gasteiger partial charge in [-0.1, -0.05) is 27.5 Å². The van der Waals surface area contributed by atoms with Crippen LogP contribution >= 0.6 is 27.5 Å². The molecule has 0 spiro atoms. The largest absolute Gasteiger partial charge is 0.456 e. The molecular weight excluding hydrogens is 458 g/mol. The van der Waals surface area contributed by atoms with Crippen LogP contribution < -0.4 is 5.32 Å². The minimum Gasteiger partial charge on any atom is -0.456 e. The van der Waals surface area contributed by atoms with E-state index in [0.29, 0.717) is 10.7 Å². The lowest BCUT2D eigenvalue weighted by Crippen LogP contribution is -2.22. The Morgan fingerprint density at radius 3 is 2.44 bits per heavy atom. The number of amides is 1. The minimum atomic E-state index is -3.63. The first-order chi connectivity index (χ1) is 12.7. The maximum absolute atomic E-state index is 12.2. The minimum absolute atomic E-state index is 0.0723. The van der Waals surface area contributed by atoms with Crippen LogP contribution in [-0.2, 0) is 24.2 Å². The third-order valence-electron chi connectivity index (χ3n) is 3.55. The van der Waals surface area contributed by atoms with Gasteiger partial charge >= 0.3 is 5.97 Å². The molecule has 0 saturated carbocycles. The molecule has 0 fully saturated rings. The van der Waals surface area contributed by atoms with Crippen LogP contribution in [0.5, 0.6) is 0 Å². The lowest BCUT2D eigenvalue weighted by molar-refractivity contribution is -0.146. The monoisotopic (exact) mass is 473 g/mol. The number of anilines is 1. The van der Waals surface area contributed by atoms with Gasteiger partial charge in [-0.25, -0.2) is 8.42 Å². The second kappa shape index (κ2) is 9.34. The quantitative estimate of drug-likeness (QED) is 0.617. The normalized spacial score (nSPS) is 11.1. The molecular formula is C18H17BrClNO5S. The summed E-state index contributed by atoms with van der Waals surface area (Å²) in [7, 11) is -3.63. The number of rotatable bonds is 7. The van der Waals surface area contributed by atoms with Gasteiger partial charge < -0.3 is 10.1 Å². The molecule has 0 aliphatic heterocycles. The van der Waals surface area contributed by atoms with E-state index >= 15 is 0 Å². The van der Waals surface area contributed by atoms with Crippen LogP contribution in [0.15, 0.2) is 51.8 Å². The number of halogens is 2. The topological polar surface area (TPSA) is 89.5 Å². The van der Waals surface area contributed by atoms with Gasteiger partial charge in [0.05, 0.1) is 17.1 Å². The fourth-order valence-corrected chi connectivity index (χ4v) is 3.71. The van der Waals surface area contributed by atoms with Crippen molar-refractivity contribution >= 4 is 54.9 Å². The predicted molar refractivity (Wildman–Crippen MR) is 107 cm³/mol. The molecule has 6 nitrogen and oxygen atoms in total. The van der Waals surface area contributed by atoms with Crippen molar-refractivity contribution in [2.45, 2.75) is 18.2 Å². The molecule has 0 aliphatic carbocycles. The molecule has 27 heavy (non-hydrogen) atoms. The Morgan fingerprint density at radius 1 is 1.15 bits per heavy atom. The number of carbonyl (C=O) groups is 2. The number of hydrogen-bond donors (Lipinski definition) is 1. The number of hydrogen-bond acceptors (Lipinski definition) is 5. The van der Waals surface area contributed by atoms with E-state index in [0.717, 1.165) is 10.0 Å². The maximum atomic E-state index is 12.2. The highest BCUT2D eigenvalue weighted by molar-refractivity contribution is 9.10. The first-order valence-corrected chi connectivity index (χ1v) is 10.7. The maximum Gasteiger partial charge on any atom is 0.307 e. The summed E-state index contributed by atoms with van der Waals surface area (Å²) < 4.78 is 30.1. The smallest absolute Gasteiger partial charge is 0.307 e. The number of nitrogens with one attached hydrogen (secondary N) is 1. The van der Waals surface area contributed by atoms with Crippen molar-refractivity contribution in [2.24, 2.45) is 0 Å². The van der Waals surface area contributed by atoms with Crippen LogP contribution in [0.25, 0.3) is 0 Å². The van der Waals surface area contributed by atoms with Crippen LogP contribution in [-0.4, -0.2) is 32.7 Å². The fourth-order valence-electron chi connectivity index (χ4n) is 2.12. The van der Waals surface area contributed by atoms with Crippen molar-refractivity contribution in [3.05, 3.63) is 57.5 Å². The average molecular weight is 475 g/mol. The van der Waals surface area contributed by atoms with Gasteiger partial charge in [0.2, 0.25) is 0 Å². The van der Waals surface area contributed by atoms with E-state index in [2.05, 4.69) is 21.2 Å². The van der Waals surface area contributed by atoms with E-state index in [1.807, 2.05) is 6.92 Å². The Morgan fingerprint density at radius 2 is 1.81 bits per heavy atom. The molecule has 0 atom stereocenters. The number of esters is 1. The van der Waals surface area contributed by atoms with Crippen molar-refractivity contribution in [3.8, 4) is 0 Å². The predicted octanol–water partition coefficient (Wildman–Crippen LogP) is 3.76. The molecule has 1 amide bonds. The summed E-state index contributed by atoms with van der Waals surface area (Å²) in [4.78, 5) is 23.6. The van der Waals surface area contributed by atoms with E-state index in [1.54, 1.807) is 18.2 Å². The number of aryl methyl sites for hydroxylation is 1. The van der Waals surface area contributed by atoms with E-state index in [9.17, 15) is 18.0 Å². The summed E-state index contributed by atoms with van der Waals surface area (Å²) in [6, 6.07) is 10.9. The van der Waals surface area contributed by atoms with Crippen molar-refractivity contribution in [1.82, 2.24) is 0 Å². The van der Waals surface area contributed by atoms with Gasteiger partial charge in [-0.2, -0.15) is 0 Å². The van der Waals surface area contributed by atoms with Gasteiger partial charge in [-0.05, 0) is 55.0 Å². The summed E-state index contributed by atoms with van der Waals surface area (Å²) in [5.74, 6) is -1.69. The fraction of sp³-hybridized carbons (Fsp3) is 0.222. The average Bonchev–Trinajstić information content (AvgIpc) is 2.62. The summed E-state index contributed by atoms with van der Waals surface area (Å²) in [6.07, 6.45) is -0.352. The first kappa shape index (κ1) is 21.4. The Bertz CT molecular complexity index is 945. The van der Waals surface area contributed by atoms with Crippen molar-refractivity contribution in [3.63, 3.8) is 0 Å². The van der Waals surface area contributed by atoms with Crippen LogP contribution in [0.2, 0.25) is 5.02 Å². The Hall–Kier alpha value is -1.90. The molecule has 2 rings (SSSR count). The molecule has 0 saturated heterocycles. The molecule has 144 valence electrons. The number of ether oxygens (including phenoxy) is 1. The Balaban J connectivity index is 1.80. The zero-order chi connectivity index (χ0) is 20.0. The molecule has 0 aromatic heterocycles. The molecule has 0 radical (unpaired) electrons. The van der Waals surface area contributed by atoms with Gasteiger partial charge in [0.25, 0.3) is 5.91 Å². The summed E-state index contributed by atoms with van der Waals surface area (Å²) in [6.45, 7) is 1.38. The molecule has 0 bridgehead atoms. The molecule has 1 N–H and O–H groups in total. The van der Waals surface area contributed by atoms with Gasteiger partial charge in [-0.3, -0.25) is 9.59 Å². The molecule has 0 unspecified atom stereocenters. The van der Waals surface area contributed by atoms with Crippen molar-refractivity contribution < 1.29 is 22.7 Å². The first-order valence-electron chi connectivity index (χ1n) is 7.87. The molecule has 9 heteroatoms. The van der Waals surface area contributed by atoms with Crippen LogP contribution in [0, 0.1) is 6.92 Å². The number of carbonyl (C=O) groups excluding carboxylic acids is 2. The lowest BCUT2D eigenvalue weighted by atomic mass is 10.2. The SMILES string of the molecule is Cc1cc(NC(=O)COC(=O)CCS(=O)(=O)c2ccc(Cl)cc2)ccc1Br. The highest BCUT2D eigenvalue weighted by Gasteiger charge is 2.17. The summed E-state index contributed by atoms with van der Waals surface area (Å²) in [5.41, 5.74) is 1.51. The zero-order valence-electron chi connectivity index (χ0n) is 14.4. The van der Waals surface area contributed by atoms with Crippen LogP contribution in [0.1, 0.15) is 12.0 Å². The highest BCUT2D eigenvalue weighted by Crippen LogP contribution is 2.20. The molecule has 0 heterocycles. The Kier molecular flexibility index (Phi) is 7.41. The zero-order valence-corrected chi connectivity index (χ0v) is 17.5. The van der Waals surface area contributed by atoms with E-state index in [1.165, 1.54) is 24.3 Å². The summed E-state index contributed by atoms with van der Waals surface area (Å²) >= 11 is 9.09. The molecule has 2 aromatic carbocycles. The van der Waals surface area contributed by atoms with Crippen molar-refractivity contribution in [2.75, 3.05) is 17.7 Å². The lowest BCUT2D eigenvalue weighted by Gasteiger charge is -2.08. The van der Waals surface area contributed by atoms with E-state index in [4.69, 9.17) is 16.3 Å². The van der Waals surface area contributed by atoms with E-state index < -0.39 is 34.1 Å². The number of benzene rings is 2. The molecule has 2 aromatic rings. The standard InChI is InChI=1S/C18H17BrClNO5S/c1-12-10-14(4-7-16(12)19)21-17(22)11-26-18(23)8-9-27(24,25)15-5-2-13(20)3-6-15/h2-7,10H,8-9,11H2,1H3,(H,21,22). The van der Waals surface area contributed by atoms with Gasteiger partial charge in [0.1, 0.15) is 0 Å². The van der Waals surface area contributed by atoms with E-state index in [-0.39, 0.29) is 11.3 Å². The third kappa shape index (κ3) is 6.64. The van der Waals surface area contributed by atoms with Gasteiger partial charge in [-0.15, -0.1) is 0 Å². The second-order valence-corrected chi connectivity index (χ2v) is 9.10.